The second kappa shape index (κ2) is 11.4. The van der Waals surface area contributed by atoms with Gasteiger partial charge in [-0.25, -0.2) is 0 Å². The highest BCUT2D eigenvalue weighted by Crippen LogP contribution is 2.03. The van der Waals surface area contributed by atoms with E-state index in [9.17, 15) is 0 Å². The number of aromatic nitrogens is 2. The molecular formula is C21H34N6. The second-order valence-corrected chi connectivity index (χ2v) is 6.91. The fourth-order valence-electron chi connectivity index (χ4n) is 2.99. The molecule has 0 aliphatic carbocycles. The van der Waals surface area contributed by atoms with Crippen molar-refractivity contribution in [1.29, 1.82) is 0 Å². The van der Waals surface area contributed by atoms with E-state index in [2.05, 4.69) is 87.6 Å². The molecule has 1 heterocycles. The first-order valence-electron chi connectivity index (χ1n) is 9.84. The van der Waals surface area contributed by atoms with Crippen molar-refractivity contribution in [2.45, 2.75) is 40.3 Å². The van der Waals surface area contributed by atoms with Gasteiger partial charge in [-0.1, -0.05) is 30.3 Å². The van der Waals surface area contributed by atoms with E-state index in [-0.39, 0.29) is 0 Å². The van der Waals surface area contributed by atoms with Gasteiger partial charge in [-0.3, -0.25) is 9.67 Å². The summed E-state index contributed by atoms with van der Waals surface area (Å²) in [5.41, 5.74) is 3.62. The van der Waals surface area contributed by atoms with Crippen LogP contribution in [0.15, 0.2) is 41.4 Å². The third-order valence-electron chi connectivity index (χ3n) is 4.33. The maximum atomic E-state index is 4.68. The number of guanidine groups is 1. The van der Waals surface area contributed by atoms with Gasteiger partial charge in [0.05, 0.1) is 5.69 Å². The summed E-state index contributed by atoms with van der Waals surface area (Å²) in [5, 5.41) is 11.2. The summed E-state index contributed by atoms with van der Waals surface area (Å²) in [6.45, 7) is 11.6. The van der Waals surface area contributed by atoms with Gasteiger partial charge in [0.15, 0.2) is 5.96 Å². The molecule has 0 radical (unpaired) electrons. The molecule has 0 aliphatic rings. The monoisotopic (exact) mass is 370 g/mol. The SMILES string of the molecule is CCNC(=NCCCn1nc(C)cc1C)NCCN(C)Cc1ccccc1. The molecule has 2 aromatic rings. The summed E-state index contributed by atoms with van der Waals surface area (Å²) in [6, 6.07) is 12.7. The Balaban J connectivity index is 1.70. The van der Waals surface area contributed by atoms with E-state index in [1.54, 1.807) is 0 Å². The zero-order chi connectivity index (χ0) is 19.5. The summed E-state index contributed by atoms with van der Waals surface area (Å²) in [4.78, 5) is 6.99. The van der Waals surface area contributed by atoms with Gasteiger partial charge in [-0.15, -0.1) is 0 Å². The van der Waals surface area contributed by atoms with Crippen LogP contribution in [0.3, 0.4) is 0 Å². The van der Waals surface area contributed by atoms with Crippen molar-refractivity contribution in [2.75, 3.05) is 33.2 Å². The molecule has 0 atom stereocenters. The van der Waals surface area contributed by atoms with E-state index in [0.717, 1.165) is 57.3 Å². The van der Waals surface area contributed by atoms with Crippen molar-refractivity contribution in [2.24, 2.45) is 4.99 Å². The molecule has 0 saturated heterocycles. The highest BCUT2D eigenvalue weighted by Gasteiger charge is 2.03. The standard InChI is InChI=1S/C21H34N6/c1-5-22-21(23-12-9-14-27-19(3)16-18(2)25-27)24-13-15-26(4)17-20-10-7-6-8-11-20/h6-8,10-11,16H,5,9,12-15,17H2,1-4H3,(H2,22,23,24). The Morgan fingerprint density at radius 3 is 2.63 bits per heavy atom. The maximum absolute atomic E-state index is 4.68. The van der Waals surface area contributed by atoms with Gasteiger partial charge in [0.2, 0.25) is 0 Å². The van der Waals surface area contributed by atoms with E-state index < -0.39 is 0 Å². The van der Waals surface area contributed by atoms with Gasteiger partial charge < -0.3 is 15.5 Å². The fraction of sp³-hybridized carbons (Fsp3) is 0.524. The Bertz CT molecular complexity index is 692. The van der Waals surface area contributed by atoms with Gasteiger partial charge in [-0.05, 0) is 45.9 Å². The molecule has 148 valence electrons. The highest BCUT2D eigenvalue weighted by atomic mass is 15.3. The number of benzene rings is 1. The predicted molar refractivity (Wildman–Crippen MR) is 113 cm³/mol. The van der Waals surface area contributed by atoms with Crippen molar-refractivity contribution in [3.05, 3.63) is 53.3 Å². The molecule has 27 heavy (non-hydrogen) atoms. The minimum absolute atomic E-state index is 0.785. The molecule has 0 saturated carbocycles. The molecule has 0 bridgehead atoms. The number of nitrogens with one attached hydrogen (secondary N) is 2. The lowest BCUT2D eigenvalue weighted by Crippen LogP contribution is -2.41. The van der Waals surface area contributed by atoms with Crippen LogP contribution in [0.5, 0.6) is 0 Å². The molecule has 2 N–H and O–H groups in total. The Labute approximate surface area is 163 Å². The predicted octanol–water partition coefficient (Wildman–Crippen LogP) is 2.58. The average molecular weight is 371 g/mol. The molecule has 0 fully saturated rings. The minimum atomic E-state index is 0.785. The Hall–Kier alpha value is -2.34. The lowest BCUT2D eigenvalue weighted by molar-refractivity contribution is 0.331. The number of rotatable bonds is 10. The number of nitrogens with zero attached hydrogens (tertiary/aromatic N) is 4. The van der Waals surface area contributed by atoms with Crippen molar-refractivity contribution in [1.82, 2.24) is 25.3 Å². The van der Waals surface area contributed by atoms with Crippen LogP contribution in [0.2, 0.25) is 0 Å². The topological polar surface area (TPSA) is 57.5 Å². The quantitative estimate of drug-likeness (QED) is 0.383. The van der Waals surface area contributed by atoms with E-state index in [1.165, 1.54) is 11.3 Å². The number of hydrogen-bond donors (Lipinski definition) is 2. The van der Waals surface area contributed by atoms with Crippen molar-refractivity contribution in [3.63, 3.8) is 0 Å². The first kappa shape index (κ1) is 21.0. The first-order chi connectivity index (χ1) is 13.1. The zero-order valence-electron chi connectivity index (χ0n) is 17.2. The van der Waals surface area contributed by atoms with Gasteiger partial charge in [0.25, 0.3) is 0 Å². The summed E-state index contributed by atoms with van der Waals surface area (Å²) in [5.74, 6) is 0.888. The van der Waals surface area contributed by atoms with Crippen LogP contribution in [0.4, 0.5) is 0 Å². The second-order valence-electron chi connectivity index (χ2n) is 6.91. The maximum Gasteiger partial charge on any atom is 0.191 e. The third kappa shape index (κ3) is 7.83. The van der Waals surface area contributed by atoms with E-state index in [4.69, 9.17) is 0 Å². The molecule has 0 aliphatic heterocycles. The molecule has 6 heteroatoms. The van der Waals surface area contributed by atoms with Crippen LogP contribution in [-0.4, -0.2) is 53.9 Å². The molecule has 0 unspecified atom stereocenters. The summed E-state index contributed by atoms with van der Waals surface area (Å²) in [6.07, 6.45) is 0.979. The van der Waals surface area contributed by atoms with Gasteiger partial charge >= 0.3 is 0 Å². The van der Waals surface area contributed by atoms with Crippen molar-refractivity contribution in [3.8, 4) is 0 Å². The molecular weight excluding hydrogens is 336 g/mol. The molecule has 2 rings (SSSR count). The Morgan fingerprint density at radius 1 is 1.19 bits per heavy atom. The minimum Gasteiger partial charge on any atom is -0.357 e. The molecule has 1 aromatic heterocycles. The zero-order valence-corrected chi connectivity index (χ0v) is 17.2. The fourth-order valence-corrected chi connectivity index (χ4v) is 2.99. The normalized spacial score (nSPS) is 11.8. The third-order valence-corrected chi connectivity index (χ3v) is 4.33. The first-order valence-corrected chi connectivity index (χ1v) is 9.84. The molecule has 6 nitrogen and oxygen atoms in total. The van der Waals surface area contributed by atoms with Gasteiger partial charge in [0, 0.05) is 45.0 Å². The van der Waals surface area contributed by atoms with Crippen LogP contribution in [0.1, 0.15) is 30.3 Å². The largest absolute Gasteiger partial charge is 0.357 e. The van der Waals surface area contributed by atoms with Crippen LogP contribution in [0, 0.1) is 13.8 Å². The van der Waals surface area contributed by atoms with E-state index in [1.807, 2.05) is 6.92 Å². The van der Waals surface area contributed by atoms with E-state index in [0.29, 0.717) is 0 Å². The lowest BCUT2D eigenvalue weighted by Gasteiger charge is -2.18. The van der Waals surface area contributed by atoms with Crippen LogP contribution in [0.25, 0.3) is 0 Å². The number of likely N-dealkylation sites (N-methyl/N-ethyl adjacent to an activating group) is 1. The smallest absolute Gasteiger partial charge is 0.191 e. The van der Waals surface area contributed by atoms with E-state index >= 15 is 0 Å². The van der Waals surface area contributed by atoms with Crippen LogP contribution in [-0.2, 0) is 13.1 Å². The van der Waals surface area contributed by atoms with Crippen molar-refractivity contribution < 1.29 is 0 Å². The molecule has 0 spiro atoms. The summed E-state index contributed by atoms with van der Waals surface area (Å²) < 4.78 is 2.06. The van der Waals surface area contributed by atoms with Crippen molar-refractivity contribution >= 4 is 5.96 Å². The molecule has 0 amide bonds. The average Bonchev–Trinajstić information content (AvgIpc) is 2.96. The van der Waals surface area contributed by atoms with Crippen LogP contribution < -0.4 is 10.6 Å². The van der Waals surface area contributed by atoms with Crippen LogP contribution >= 0.6 is 0 Å². The Morgan fingerprint density at radius 2 is 1.96 bits per heavy atom. The Kier molecular flexibility index (Phi) is 8.84. The molecule has 1 aromatic carbocycles. The highest BCUT2D eigenvalue weighted by molar-refractivity contribution is 5.79. The van der Waals surface area contributed by atoms with Gasteiger partial charge in [0.1, 0.15) is 0 Å². The number of aryl methyl sites for hydroxylation is 3. The summed E-state index contributed by atoms with van der Waals surface area (Å²) >= 11 is 0. The number of hydrogen-bond acceptors (Lipinski definition) is 3. The number of aliphatic imine (C=N–C) groups is 1. The lowest BCUT2D eigenvalue weighted by atomic mass is 10.2. The van der Waals surface area contributed by atoms with Gasteiger partial charge in [-0.2, -0.15) is 5.10 Å². The summed E-state index contributed by atoms with van der Waals surface area (Å²) in [7, 11) is 2.15.